The third-order valence-corrected chi connectivity index (χ3v) is 12.2. The number of hydrogen-bond donors (Lipinski definition) is 0. The zero-order chi connectivity index (χ0) is 45.8. The van der Waals surface area contributed by atoms with Crippen LogP contribution in [0.15, 0.2) is 36.5 Å². The van der Waals surface area contributed by atoms with Crippen molar-refractivity contribution in [2.75, 3.05) is 13.2 Å². The molecule has 1 unspecified atom stereocenters. The summed E-state index contributed by atoms with van der Waals surface area (Å²) in [5.41, 5.74) is 0. The van der Waals surface area contributed by atoms with Crippen molar-refractivity contribution in [1.82, 2.24) is 0 Å². The Morgan fingerprint density at radius 2 is 0.619 bits per heavy atom. The number of carbonyl (C=O) groups excluding carboxylic acids is 3. The molecular formula is C57H104O6. The zero-order valence-corrected chi connectivity index (χ0v) is 42.1. The van der Waals surface area contributed by atoms with Crippen LogP contribution in [0.25, 0.3) is 0 Å². The van der Waals surface area contributed by atoms with E-state index in [4.69, 9.17) is 14.2 Å². The maximum atomic E-state index is 12.8. The van der Waals surface area contributed by atoms with Crippen LogP contribution in [0.2, 0.25) is 0 Å². The van der Waals surface area contributed by atoms with Gasteiger partial charge in [0.1, 0.15) is 13.2 Å². The molecule has 0 aliphatic heterocycles. The number of rotatable bonds is 50. The first-order chi connectivity index (χ1) is 31.0. The number of hydrogen-bond acceptors (Lipinski definition) is 6. The Morgan fingerprint density at radius 3 is 0.968 bits per heavy atom. The van der Waals surface area contributed by atoms with E-state index in [0.717, 1.165) is 83.5 Å². The monoisotopic (exact) mass is 885 g/mol. The van der Waals surface area contributed by atoms with Crippen molar-refractivity contribution >= 4 is 17.9 Å². The molecule has 0 saturated carbocycles. The van der Waals surface area contributed by atoms with E-state index in [1.54, 1.807) is 0 Å². The minimum absolute atomic E-state index is 0.0768. The third-order valence-electron chi connectivity index (χ3n) is 12.2. The molecule has 0 aliphatic carbocycles. The van der Waals surface area contributed by atoms with Crippen molar-refractivity contribution < 1.29 is 28.6 Å². The van der Waals surface area contributed by atoms with Crippen LogP contribution in [-0.2, 0) is 28.6 Å². The molecule has 0 N–H and O–H groups in total. The molecule has 0 radical (unpaired) electrons. The summed E-state index contributed by atoms with van der Waals surface area (Å²) < 4.78 is 16.8. The lowest BCUT2D eigenvalue weighted by Gasteiger charge is -2.18. The first kappa shape index (κ1) is 60.6. The molecule has 0 saturated heterocycles. The van der Waals surface area contributed by atoms with Gasteiger partial charge < -0.3 is 14.2 Å². The maximum absolute atomic E-state index is 12.8. The topological polar surface area (TPSA) is 78.9 Å². The highest BCUT2D eigenvalue weighted by molar-refractivity contribution is 5.71. The van der Waals surface area contributed by atoms with E-state index in [-0.39, 0.29) is 31.1 Å². The van der Waals surface area contributed by atoms with Gasteiger partial charge in [-0.1, -0.05) is 256 Å². The summed E-state index contributed by atoms with van der Waals surface area (Å²) in [6.45, 7) is 6.54. The van der Waals surface area contributed by atoms with Crippen molar-refractivity contribution in [1.29, 1.82) is 0 Å². The lowest BCUT2D eigenvalue weighted by Crippen LogP contribution is -2.30. The molecule has 0 aromatic heterocycles. The minimum atomic E-state index is -0.779. The van der Waals surface area contributed by atoms with Gasteiger partial charge in [0.2, 0.25) is 0 Å². The molecule has 0 aromatic carbocycles. The van der Waals surface area contributed by atoms with Gasteiger partial charge in [-0.15, -0.1) is 0 Å². The predicted molar refractivity (Wildman–Crippen MR) is 270 cm³/mol. The van der Waals surface area contributed by atoms with Crippen LogP contribution in [-0.4, -0.2) is 37.2 Å². The minimum Gasteiger partial charge on any atom is -0.462 e. The van der Waals surface area contributed by atoms with Gasteiger partial charge in [0.25, 0.3) is 0 Å². The highest BCUT2D eigenvalue weighted by atomic mass is 16.6. The average Bonchev–Trinajstić information content (AvgIpc) is 3.28. The molecule has 63 heavy (non-hydrogen) atoms. The average molecular weight is 885 g/mol. The summed E-state index contributed by atoms with van der Waals surface area (Å²) in [6.07, 6.45) is 61.3. The number of carbonyl (C=O) groups is 3. The fourth-order valence-corrected chi connectivity index (χ4v) is 8.05. The zero-order valence-electron chi connectivity index (χ0n) is 42.1. The molecule has 0 spiro atoms. The molecule has 0 heterocycles. The Bertz CT molecular complexity index is 1060. The lowest BCUT2D eigenvalue weighted by molar-refractivity contribution is -0.167. The molecule has 1 atom stereocenters. The molecule has 0 amide bonds. The van der Waals surface area contributed by atoms with Gasteiger partial charge in [-0.25, -0.2) is 0 Å². The summed E-state index contributed by atoms with van der Waals surface area (Å²) in [6, 6.07) is 0. The Balaban J connectivity index is 4.35. The molecule has 0 fully saturated rings. The van der Waals surface area contributed by atoms with Gasteiger partial charge in [0, 0.05) is 19.3 Å². The fourth-order valence-electron chi connectivity index (χ4n) is 8.05. The van der Waals surface area contributed by atoms with Crippen LogP contribution in [0.5, 0.6) is 0 Å². The van der Waals surface area contributed by atoms with Gasteiger partial charge in [-0.05, 0) is 51.4 Å². The van der Waals surface area contributed by atoms with Gasteiger partial charge in [-0.2, -0.15) is 0 Å². The van der Waals surface area contributed by atoms with Crippen LogP contribution in [0.1, 0.15) is 290 Å². The summed E-state index contributed by atoms with van der Waals surface area (Å²) in [5.74, 6) is -0.891. The van der Waals surface area contributed by atoms with E-state index in [9.17, 15) is 14.4 Å². The third kappa shape index (κ3) is 50.5. The van der Waals surface area contributed by atoms with Crippen molar-refractivity contribution in [2.45, 2.75) is 297 Å². The van der Waals surface area contributed by atoms with Crippen LogP contribution in [0.4, 0.5) is 0 Å². The SMILES string of the molecule is CC/C=C\C/C=C\C/C=C\CCCCCC(=O)OCC(COC(=O)CCCCCCCCCCCCCCCCCC)OC(=O)CCCCCCCCCCCCCCCCCC. The Kier molecular flexibility index (Phi) is 50.3. The second-order valence-corrected chi connectivity index (χ2v) is 18.5. The van der Waals surface area contributed by atoms with E-state index in [1.807, 2.05) is 0 Å². The Morgan fingerprint density at radius 1 is 0.333 bits per heavy atom. The standard InChI is InChI=1S/C57H104O6/c1-4-7-10-13-16-19-22-25-27-29-32-35-38-41-44-47-50-56(59)62-53-54(52-61-55(58)49-46-43-40-37-34-31-24-21-18-15-12-9-6-3)63-57(60)51-48-45-42-39-36-33-30-28-26-23-20-17-14-11-8-5-2/h9,12,18,21,31,34,54H,4-8,10-11,13-17,19-20,22-30,32-33,35-53H2,1-3H3/b12-9-,21-18-,34-31-. The normalized spacial score (nSPS) is 12.2. The summed E-state index contributed by atoms with van der Waals surface area (Å²) in [5, 5.41) is 0. The number of unbranched alkanes of at least 4 members (excludes halogenated alkanes) is 33. The molecule has 0 aliphatic rings. The largest absolute Gasteiger partial charge is 0.462 e. The molecule has 6 nitrogen and oxygen atoms in total. The van der Waals surface area contributed by atoms with Crippen LogP contribution in [0.3, 0.4) is 0 Å². The second kappa shape index (κ2) is 52.3. The van der Waals surface area contributed by atoms with Gasteiger partial charge in [0.05, 0.1) is 0 Å². The summed E-state index contributed by atoms with van der Waals surface area (Å²) >= 11 is 0. The Hall–Kier alpha value is -2.37. The molecule has 0 rings (SSSR count). The molecule has 6 heteroatoms. The van der Waals surface area contributed by atoms with Crippen molar-refractivity contribution in [3.63, 3.8) is 0 Å². The molecular weight excluding hydrogens is 781 g/mol. The van der Waals surface area contributed by atoms with Crippen LogP contribution >= 0.6 is 0 Å². The van der Waals surface area contributed by atoms with Crippen molar-refractivity contribution in [3.8, 4) is 0 Å². The van der Waals surface area contributed by atoms with E-state index < -0.39 is 6.10 Å². The first-order valence-corrected chi connectivity index (χ1v) is 27.5. The number of esters is 3. The van der Waals surface area contributed by atoms with Crippen molar-refractivity contribution in [2.24, 2.45) is 0 Å². The molecule has 0 bridgehead atoms. The van der Waals surface area contributed by atoms with Crippen LogP contribution < -0.4 is 0 Å². The van der Waals surface area contributed by atoms with Gasteiger partial charge in [-0.3, -0.25) is 14.4 Å². The number of ether oxygens (including phenoxy) is 3. The highest BCUT2D eigenvalue weighted by Crippen LogP contribution is 2.17. The predicted octanol–water partition coefficient (Wildman–Crippen LogP) is 18.1. The lowest BCUT2D eigenvalue weighted by atomic mass is 10.0. The highest BCUT2D eigenvalue weighted by Gasteiger charge is 2.19. The smallest absolute Gasteiger partial charge is 0.306 e. The number of allylic oxidation sites excluding steroid dienone is 6. The Labute approximate surface area is 391 Å². The maximum Gasteiger partial charge on any atom is 0.306 e. The van der Waals surface area contributed by atoms with E-state index in [0.29, 0.717) is 19.3 Å². The fraction of sp³-hybridized carbons (Fsp3) is 0.842. The molecule has 368 valence electrons. The summed E-state index contributed by atoms with van der Waals surface area (Å²) in [4.78, 5) is 38.0. The molecule has 0 aromatic rings. The van der Waals surface area contributed by atoms with E-state index >= 15 is 0 Å². The van der Waals surface area contributed by atoms with Gasteiger partial charge >= 0.3 is 17.9 Å². The van der Waals surface area contributed by atoms with E-state index in [2.05, 4.69) is 57.2 Å². The quantitative estimate of drug-likeness (QED) is 0.0262. The first-order valence-electron chi connectivity index (χ1n) is 27.5. The summed E-state index contributed by atoms with van der Waals surface area (Å²) in [7, 11) is 0. The second-order valence-electron chi connectivity index (χ2n) is 18.5. The van der Waals surface area contributed by atoms with Crippen LogP contribution in [0, 0.1) is 0 Å². The van der Waals surface area contributed by atoms with Gasteiger partial charge in [0.15, 0.2) is 6.10 Å². The van der Waals surface area contributed by atoms with Crippen molar-refractivity contribution in [3.05, 3.63) is 36.5 Å². The van der Waals surface area contributed by atoms with E-state index in [1.165, 1.54) is 167 Å².